The molecule has 1 aliphatic heterocycles. The zero-order valence-electron chi connectivity index (χ0n) is 24.3. The molecule has 2 aromatic rings. The van der Waals surface area contributed by atoms with Gasteiger partial charge in [0.15, 0.2) is 12.3 Å². The van der Waals surface area contributed by atoms with Crippen LogP contribution in [-0.2, 0) is 38.1 Å². The van der Waals surface area contributed by atoms with Crippen molar-refractivity contribution in [2.75, 3.05) is 13.2 Å². The molecule has 1 heterocycles. The lowest BCUT2D eigenvalue weighted by Gasteiger charge is -2.44. The molecule has 226 valence electrons. The fourth-order valence-electron chi connectivity index (χ4n) is 5.56. The molecule has 42 heavy (non-hydrogen) atoms. The van der Waals surface area contributed by atoms with Gasteiger partial charge >= 0.3 is 24.0 Å². The van der Waals surface area contributed by atoms with Crippen LogP contribution >= 0.6 is 0 Å². The van der Waals surface area contributed by atoms with Gasteiger partial charge in [0, 0.05) is 31.6 Å². The fourth-order valence-corrected chi connectivity index (χ4v) is 5.56. The lowest BCUT2D eigenvalue weighted by molar-refractivity contribution is -0.285. The number of hydrogen-bond acceptors (Lipinski definition) is 9. The van der Waals surface area contributed by atoms with E-state index in [4.69, 9.17) is 23.7 Å². The largest absolute Gasteiger partial charge is 0.480 e. The molecule has 0 radical (unpaired) electrons. The molecule has 2 aliphatic rings. The van der Waals surface area contributed by atoms with E-state index >= 15 is 0 Å². The molecule has 1 fully saturated rings. The number of carbonyl (C=O) groups excluding carboxylic acids is 3. The van der Waals surface area contributed by atoms with E-state index in [1.165, 1.54) is 20.8 Å². The maximum absolute atomic E-state index is 12.8. The summed E-state index contributed by atoms with van der Waals surface area (Å²) in [5, 5.41) is 12.3. The van der Waals surface area contributed by atoms with Crippen molar-refractivity contribution in [2.24, 2.45) is 11.8 Å². The number of aliphatic carboxylic acids is 1. The summed E-state index contributed by atoms with van der Waals surface area (Å²) in [6.07, 6.45) is -4.41. The summed E-state index contributed by atoms with van der Waals surface area (Å²) in [6.45, 7) is 7.52. The minimum Gasteiger partial charge on any atom is -0.480 e. The summed E-state index contributed by atoms with van der Waals surface area (Å²) in [7, 11) is 0. The second-order valence-electron chi connectivity index (χ2n) is 10.8. The van der Waals surface area contributed by atoms with Gasteiger partial charge in [0.05, 0.1) is 6.10 Å². The molecule has 0 saturated carbocycles. The number of benzene rings is 2. The molecule has 0 aromatic heterocycles. The molecule has 0 spiro atoms. The van der Waals surface area contributed by atoms with Crippen LogP contribution in [0.1, 0.15) is 51.7 Å². The first kappa shape index (κ1) is 31.0. The van der Waals surface area contributed by atoms with E-state index in [2.05, 4.69) is 5.32 Å². The number of fused-ring (bicyclic) bond motifs is 3. The number of nitrogens with one attached hydrogen (secondary N) is 1. The van der Waals surface area contributed by atoms with Crippen LogP contribution in [0, 0.1) is 11.8 Å². The maximum atomic E-state index is 12.8. The van der Waals surface area contributed by atoms with E-state index in [9.17, 15) is 24.3 Å². The van der Waals surface area contributed by atoms with Gasteiger partial charge in [0.1, 0.15) is 25.4 Å². The first-order valence-corrected chi connectivity index (χ1v) is 13.9. The number of rotatable bonds is 10. The van der Waals surface area contributed by atoms with Crippen LogP contribution in [0.5, 0.6) is 0 Å². The van der Waals surface area contributed by atoms with Gasteiger partial charge in [-0.05, 0) is 29.2 Å². The summed E-state index contributed by atoms with van der Waals surface area (Å²) in [6, 6.07) is 14.3. The Hall–Kier alpha value is -3.96. The number of alkyl carbamates (subject to hydrolysis) is 1. The minimum absolute atomic E-state index is 0.0249. The topological polar surface area (TPSA) is 147 Å². The average molecular weight is 584 g/mol. The highest BCUT2D eigenvalue weighted by Gasteiger charge is 2.46. The Morgan fingerprint density at radius 2 is 1.48 bits per heavy atom. The molecule has 1 amide bonds. The van der Waals surface area contributed by atoms with Gasteiger partial charge in [0.25, 0.3) is 0 Å². The van der Waals surface area contributed by atoms with Crippen molar-refractivity contribution in [1.82, 2.24) is 5.32 Å². The van der Waals surface area contributed by atoms with Crippen LogP contribution in [0.3, 0.4) is 0 Å². The van der Waals surface area contributed by atoms with Crippen LogP contribution in [0.25, 0.3) is 11.1 Å². The highest BCUT2D eigenvalue weighted by molar-refractivity contribution is 5.81. The SMILES string of the molecule is CC(=O)OCC1O[C@H](O[C@H](C)[C@H](NC(=O)OCC2c3ccccc3-c3ccccc32)C(=O)O)C(C)[C@@H](C)[C@H]1OC(C)=O. The minimum atomic E-state index is -1.45. The third kappa shape index (κ3) is 6.91. The molecule has 11 nitrogen and oxygen atoms in total. The van der Waals surface area contributed by atoms with Crippen molar-refractivity contribution in [2.45, 2.75) is 71.2 Å². The number of amides is 1. The van der Waals surface area contributed by atoms with Gasteiger partial charge in [-0.3, -0.25) is 9.59 Å². The molecule has 7 atom stereocenters. The van der Waals surface area contributed by atoms with Crippen LogP contribution in [-0.4, -0.2) is 73.0 Å². The molecular formula is C31H37NO10. The number of hydrogen-bond donors (Lipinski definition) is 2. The van der Waals surface area contributed by atoms with Crippen LogP contribution in [0.4, 0.5) is 4.79 Å². The second kappa shape index (κ2) is 13.3. The van der Waals surface area contributed by atoms with Gasteiger partial charge < -0.3 is 34.1 Å². The Labute approximate surface area is 244 Å². The number of esters is 2. The summed E-state index contributed by atoms with van der Waals surface area (Å²) in [4.78, 5) is 48.1. The van der Waals surface area contributed by atoms with E-state index in [-0.39, 0.29) is 31.0 Å². The maximum Gasteiger partial charge on any atom is 0.407 e. The third-order valence-electron chi connectivity index (χ3n) is 7.91. The predicted octanol–water partition coefficient (Wildman–Crippen LogP) is 3.88. The van der Waals surface area contributed by atoms with Crippen molar-refractivity contribution in [1.29, 1.82) is 0 Å². The zero-order chi connectivity index (χ0) is 30.6. The number of carboxylic acid groups (broad SMARTS) is 1. The van der Waals surface area contributed by atoms with Gasteiger partial charge in [-0.15, -0.1) is 0 Å². The molecule has 4 rings (SSSR count). The lowest BCUT2D eigenvalue weighted by Crippen LogP contribution is -2.56. The van der Waals surface area contributed by atoms with Crippen molar-refractivity contribution >= 4 is 24.0 Å². The highest BCUT2D eigenvalue weighted by atomic mass is 16.7. The molecule has 1 saturated heterocycles. The normalized spacial score (nSPS) is 24.5. The van der Waals surface area contributed by atoms with Gasteiger partial charge in [-0.2, -0.15) is 0 Å². The summed E-state index contributed by atoms with van der Waals surface area (Å²) >= 11 is 0. The van der Waals surface area contributed by atoms with E-state index < -0.39 is 54.6 Å². The van der Waals surface area contributed by atoms with Gasteiger partial charge in [0.2, 0.25) is 0 Å². The fraction of sp³-hybridized carbons (Fsp3) is 0.484. The standard InChI is InChI=1S/C31H37NO10/c1-16-17(2)30(42-26(15-38-19(4)33)28(16)41-20(5)34)40-18(3)27(29(35)36)32-31(37)39-14-25-23-12-8-6-10-21(23)22-11-7-9-13-24(22)25/h6-13,16-18,25-28,30H,14-15H2,1-5H3,(H,32,37)(H,35,36)/t16-,17?,18-,26?,27+,28-,30+/m1/s1. The molecule has 2 aromatic carbocycles. The summed E-state index contributed by atoms with van der Waals surface area (Å²) < 4.78 is 28.1. The zero-order valence-corrected chi connectivity index (χ0v) is 24.3. The van der Waals surface area contributed by atoms with Crippen LogP contribution < -0.4 is 5.32 Å². The average Bonchev–Trinajstić information content (AvgIpc) is 3.27. The van der Waals surface area contributed by atoms with Crippen molar-refractivity contribution in [3.8, 4) is 11.1 Å². The van der Waals surface area contributed by atoms with E-state index in [0.717, 1.165) is 22.3 Å². The Bertz CT molecular complexity index is 1270. The Morgan fingerprint density at radius 1 is 0.881 bits per heavy atom. The summed E-state index contributed by atoms with van der Waals surface area (Å²) in [5.74, 6) is -3.16. The predicted molar refractivity (Wildman–Crippen MR) is 149 cm³/mol. The van der Waals surface area contributed by atoms with Gasteiger partial charge in [-0.1, -0.05) is 62.4 Å². The Morgan fingerprint density at radius 3 is 2.02 bits per heavy atom. The first-order valence-electron chi connectivity index (χ1n) is 13.9. The van der Waals surface area contributed by atoms with Crippen molar-refractivity contribution < 1.29 is 48.0 Å². The summed E-state index contributed by atoms with van der Waals surface area (Å²) in [5.41, 5.74) is 4.22. The number of ether oxygens (including phenoxy) is 5. The van der Waals surface area contributed by atoms with E-state index in [1.54, 1.807) is 0 Å². The monoisotopic (exact) mass is 583 g/mol. The van der Waals surface area contributed by atoms with Crippen molar-refractivity contribution in [3.05, 3.63) is 59.7 Å². The molecule has 2 N–H and O–H groups in total. The molecule has 0 bridgehead atoms. The molecule has 2 unspecified atom stereocenters. The Balaban J connectivity index is 1.40. The quantitative estimate of drug-likeness (QED) is 0.312. The van der Waals surface area contributed by atoms with Crippen molar-refractivity contribution in [3.63, 3.8) is 0 Å². The second-order valence-corrected chi connectivity index (χ2v) is 10.8. The van der Waals surface area contributed by atoms with Crippen LogP contribution in [0.15, 0.2) is 48.5 Å². The number of carbonyl (C=O) groups is 4. The van der Waals surface area contributed by atoms with E-state index in [1.807, 2.05) is 62.4 Å². The van der Waals surface area contributed by atoms with E-state index in [0.29, 0.717) is 0 Å². The smallest absolute Gasteiger partial charge is 0.407 e. The first-order chi connectivity index (χ1) is 20.0. The van der Waals surface area contributed by atoms with Gasteiger partial charge in [-0.25, -0.2) is 9.59 Å². The molecular weight excluding hydrogens is 546 g/mol. The van der Waals surface area contributed by atoms with Crippen LogP contribution in [0.2, 0.25) is 0 Å². The Kier molecular flexibility index (Phi) is 9.85. The molecule has 11 heteroatoms. The highest BCUT2D eigenvalue weighted by Crippen LogP contribution is 2.44. The molecule has 1 aliphatic carbocycles. The number of carboxylic acids is 1. The lowest BCUT2D eigenvalue weighted by atomic mass is 9.84. The third-order valence-corrected chi connectivity index (χ3v) is 7.91.